The molecule has 0 saturated heterocycles. The van der Waals surface area contributed by atoms with Crippen LogP contribution in [0, 0.1) is 5.92 Å². The molecule has 7 nitrogen and oxygen atoms in total. The summed E-state index contributed by atoms with van der Waals surface area (Å²) in [5.41, 5.74) is 0.978. The van der Waals surface area contributed by atoms with Gasteiger partial charge in [0.2, 0.25) is 0 Å². The van der Waals surface area contributed by atoms with Crippen molar-refractivity contribution >= 4 is 27.5 Å². The Hall–Kier alpha value is -2.71. The van der Waals surface area contributed by atoms with Gasteiger partial charge in [-0.3, -0.25) is 14.2 Å². The van der Waals surface area contributed by atoms with E-state index in [1.807, 2.05) is 49.3 Å². The SMILES string of the molecule is CC1CCc2c(sc3nc(CN(C)C)n(CC(=O)OCCOc4ccccc4)c(=O)c23)C1. The van der Waals surface area contributed by atoms with Gasteiger partial charge in [-0.05, 0) is 57.0 Å². The van der Waals surface area contributed by atoms with Crippen LogP contribution >= 0.6 is 11.3 Å². The monoisotopic (exact) mass is 455 g/mol. The molecule has 1 aliphatic rings. The van der Waals surface area contributed by atoms with Gasteiger partial charge in [-0.25, -0.2) is 4.98 Å². The van der Waals surface area contributed by atoms with E-state index in [0.717, 1.165) is 35.4 Å². The highest BCUT2D eigenvalue weighted by atomic mass is 32.1. The van der Waals surface area contributed by atoms with Crippen LogP contribution in [0.25, 0.3) is 10.2 Å². The van der Waals surface area contributed by atoms with E-state index in [1.165, 1.54) is 9.44 Å². The van der Waals surface area contributed by atoms with E-state index in [1.54, 1.807) is 11.3 Å². The summed E-state index contributed by atoms with van der Waals surface area (Å²) in [5.74, 6) is 1.45. The number of para-hydroxylation sites is 1. The lowest BCUT2D eigenvalue weighted by atomic mass is 9.89. The number of rotatable bonds is 8. The van der Waals surface area contributed by atoms with Crippen molar-refractivity contribution in [3.05, 3.63) is 57.0 Å². The first-order chi connectivity index (χ1) is 15.4. The molecular formula is C24H29N3O4S. The minimum Gasteiger partial charge on any atom is -0.490 e. The molecule has 2 heterocycles. The molecule has 170 valence electrons. The number of esters is 1. The molecule has 2 aromatic heterocycles. The summed E-state index contributed by atoms with van der Waals surface area (Å²) in [7, 11) is 3.84. The summed E-state index contributed by atoms with van der Waals surface area (Å²) >= 11 is 1.63. The minimum atomic E-state index is -0.470. The van der Waals surface area contributed by atoms with Crippen LogP contribution in [-0.4, -0.2) is 47.7 Å². The Morgan fingerprint density at radius 2 is 2.03 bits per heavy atom. The second-order valence-electron chi connectivity index (χ2n) is 8.57. The van der Waals surface area contributed by atoms with Crippen molar-refractivity contribution in [2.45, 2.75) is 39.3 Å². The molecule has 0 aliphatic heterocycles. The van der Waals surface area contributed by atoms with E-state index in [9.17, 15) is 9.59 Å². The first-order valence-electron chi connectivity index (χ1n) is 10.9. The summed E-state index contributed by atoms with van der Waals surface area (Å²) in [4.78, 5) is 34.8. The van der Waals surface area contributed by atoms with Gasteiger partial charge in [-0.15, -0.1) is 11.3 Å². The van der Waals surface area contributed by atoms with Gasteiger partial charge in [0.1, 0.15) is 36.2 Å². The van der Waals surface area contributed by atoms with Crippen LogP contribution in [0.4, 0.5) is 0 Å². The first-order valence-corrected chi connectivity index (χ1v) is 11.8. The van der Waals surface area contributed by atoms with Crippen molar-refractivity contribution in [2.24, 2.45) is 5.92 Å². The van der Waals surface area contributed by atoms with Crippen molar-refractivity contribution in [3.63, 3.8) is 0 Å². The normalized spacial score (nSPS) is 15.7. The lowest BCUT2D eigenvalue weighted by Gasteiger charge is -2.18. The van der Waals surface area contributed by atoms with Crippen LogP contribution in [0.3, 0.4) is 0 Å². The Morgan fingerprint density at radius 1 is 1.25 bits per heavy atom. The van der Waals surface area contributed by atoms with Crippen LogP contribution < -0.4 is 10.3 Å². The molecule has 0 N–H and O–H groups in total. The quantitative estimate of drug-likeness (QED) is 0.383. The maximum absolute atomic E-state index is 13.5. The summed E-state index contributed by atoms with van der Waals surface area (Å²) in [6.07, 6.45) is 2.95. The van der Waals surface area contributed by atoms with Crippen LogP contribution in [0.15, 0.2) is 35.1 Å². The fraction of sp³-hybridized carbons (Fsp3) is 0.458. The Labute approximate surface area is 191 Å². The van der Waals surface area contributed by atoms with Crippen LogP contribution in [0.2, 0.25) is 0 Å². The third-order valence-electron chi connectivity index (χ3n) is 5.60. The number of aryl methyl sites for hydroxylation is 1. The molecule has 1 unspecified atom stereocenters. The van der Waals surface area contributed by atoms with Gasteiger partial charge in [0.25, 0.3) is 5.56 Å². The molecule has 1 aliphatic carbocycles. The van der Waals surface area contributed by atoms with E-state index in [4.69, 9.17) is 14.5 Å². The number of hydrogen-bond acceptors (Lipinski definition) is 7. The average molecular weight is 456 g/mol. The van der Waals surface area contributed by atoms with E-state index in [0.29, 0.717) is 23.7 Å². The largest absolute Gasteiger partial charge is 0.490 e. The Bertz CT molecular complexity index is 1150. The summed E-state index contributed by atoms with van der Waals surface area (Å²) in [6.45, 7) is 2.93. The van der Waals surface area contributed by atoms with Crippen LogP contribution in [0.5, 0.6) is 5.75 Å². The molecule has 0 bridgehead atoms. The van der Waals surface area contributed by atoms with Gasteiger partial charge >= 0.3 is 5.97 Å². The Morgan fingerprint density at radius 3 is 2.78 bits per heavy atom. The molecule has 0 spiro atoms. The standard InChI is InChI=1S/C24H29N3O4S/c1-16-9-10-18-19(13-16)32-23-22(18)24(29)27(20(25-23)14-26(2)3)15-21(28)31-12-11-30-17-7-5-4-6-8-17/h4-8,16H,9-15H2,1-3H3. The number of fused-ring (bicyclic) bond motifs is 3. The Kier molecular flexibility index (Phi) is 6.91. The zero-order valence-corrected chi connectivity index (χ0v) is 19.6. The number of ether oxygens (including phenoxy) is 2. The number of hydrogen-bond donors (Lipinski definition) is 0. The van der Waals surface area contributed by atoms with E-state index < -0.39 is 5.97 Å². The zero-order chi connectivity index (χ0) is 22.7. The van der Waals surface area contributed by atoms with Gasteiger partial charge < -0.3 is 14.4 Å². The molecule has 3 aromatic rings. The predicted molar refractivity (Wildman–Crippen MR) is 125 cm³/mol. The fourth-order valence-electron chi connectivity index (χ4n) is 4.04. The lowest BCUT2D eigenvalue weighted by Crippen LogP contribution is -2.32. The Balaban J connectivity index is 1.52. The number of benzene rings is 1. The number of carbonyl (C=O) groups is 1. The lowest BCUT2D eigenvalue weighted by molar-refractivity contribution is -0.145. The van der Waals surface area contributed by atoms with Gasteiger partial charge in [0.15, 0.2) is 0 Å². The smallest absolute Gasteiger partial charge is 0.326 e. The highest BCUT2D eigenvalue weighted by Crippen LogP contribution is 2.35. The molecule has 4 rings (SSSR count). The maximum Gasteiger partial charge on any atom is 0.326 e. The summed E-state index contributed by atoms with van der Waals surface area (Å²) < 4.78 is 12.4. The topological polar surface area (TPSA) is 73.7 Å². The molecule has 0 radical (unpaired) electrons. The maximum atomic E-state index is 13.5. The second kappa shape index (κ2) is 9.83. The van der Waals surface area contributed by atoms with Crippen LogP contribution in [-0.2, 0) is 35.5 Å². The van der Waals surface area contributed by atoms with E-state index >= 15 is 0 Å². The summed E-state index contributed by atoms with van der Waals surface area (Å²) in [5, 5.41) is 0.680. The van der Waals surface area contributed by atoms with E-state index in [2.05, 4.69) is 6.92 Å². The van der Waals surface area contributed by atoms with Crippen molar-refractivity contribution in [1.82, 2.24) is 14.5 Å². The van der Waals surface area contributed by atoms with Gasteiger partial charge in [0, 0.05) is 4.88 Å². The molecule has 0 saturated carbocycles. The van der Waals surface area contributed by atoms with Crippen molar-refractivity contribution < 1.29 is 14.3 Å². The van der Waals surface area contributed by atoms with E-state index in [-0.39, 0.29) is 25.3 Å². The molecule has 1 atom stereocenters. The molecule has 8 heteroatoms. The number of thiophene rings is 1. The number of carbonyl (C=O) groups excluding carboxylic acids is 1. The third kappa shape index (κ3) is 5.02. The predicted octanol–water partition coefficient (Wildman–Crippen LogP) is 3.27. The number of aromatic nitrogens is 2. The molecule has 32 heavy (non-hydrogen) atoms. The first kappa shape index (κ1) is 22.5. The average Bonchev–Trinajstić information content (AvgIpc) is 3.11. The van der Waals surface area contributed by atoms with Gasteiger partial charge in [-0.1, -0.05) is 25.1 Å². The van der Waals surface area contributed by atoms with Crippen molar-refractivity contribution in [3.8, 4) is 5.75 Å². The zero-order valence-electron chi connectivity index (χ0n) is 18.8. The highest BCUT2D eigenvalue weighted by Gasteiger charge is 2.25. The van der Waals surface area contributed by atoms with Crippen molar-refractivity contribution in [1.29, 1.82) is 0 Å². The van der Waals surface area contributed by atoms with Crippen molar-refractivity contribution in [2.75, 3.05) is 27.3 Å². The van der Waals surface area contributed by atoms with Gasteiger partial charge in [0.05, 0.1) is 11.9 Å². The molecule has 0 fully saturated rings. The molecular weight excluding hydrogens is 426 g/mol. The molecule has 0 amide bonds. The molecule has 1 aromatic carbocycles. The second-order valence-corrected chi connectivity index (χ2v) is 9.65. The fourth-order valence-corrected chi connectivity index (χ4v) is 5.43. The highest BCUT2D eigenvalue weighted by molar-refractivity contribution is 7.18. The third-order valence-corrected chi connectivity index (χ3v) is 6.75. The number of nitrogens with zero attached hydrogens (tertiary/aromatic N) is 3. The van der Waals surface area contributed by atoms with Crippen LogP contribution in [0.1, 0.15) is 29.6 Å². The minimum absolute atomic E-state index is 0.118. The summed E-state index contributed by atoms with van der Waals surface area (Å²) in [6, 6.07) is 9.36. The van der Waals surface area contributed by atoms with Gasteiger partial charge in [-0.2, -0.15) is 0 Å².